The lowest BCUT2D eigenvalue weighted by atomic mass is 10.3. The van der Waals surface area contributed by atoms with Gasteiger partial charge in [0.1, 0.15) is 17.0 Å². The second-order valence-electron chi connectivity index (χ2n) is 4.21. The first-order chi connectivity index (χ1) is 9.24. The van der Waals surface area contributed by atoms with E-state index in [1.807, 2.05) is 6.92 Å². The molecule has 0 aliphatic rings. The standard InChI is InChI=1S/C13H18N4OS/c1-3-5-14-11(18)7-15-12-10-6-9(4-2)19-13(10)17-8-16-12/h6,8H,3-5,7H2,1-2H3,(H,14,18)(H,15,16,17). The second kappa shape index (κ2) is 6.47. The minimum absolute atomic E-state index is 0.0143. The number of carbonyl (C=O) groups is 1. The van der Waals surface area contributed by atoms with Gasteiger partial charge in [0.2, 0.25) is 5.91 Å². The van der Waals surface area contributed by atoms with E-state index in [1.165, 1.54) is 11.2 Å². The Kier molecular flexibility index (Phi) is 4.68. The van der Waals surface area contributed by atoms with Crippen LogP contribution in [-0.2, 0) is 11.2 Å². The molecule has 2 rings (SSSR count). The molecule has 102 valence electrons. The number of nitrogens with one attached hydrogen (secondary N) is 2. The average molecular weight is 278 g/mol. The summed E-state index contributed by atoms with van der Waals surface area (Å²) < 4.78 is 0. The quantitative estimate of drug-likeness (QED) is 0.850. The first-order valence-electron chi connectivity index (χ1n) is 6.48. The third-order valence-corrected chi connectivity index (χ3v) is 3.90. The Morgan fingerprint density at radius 1 is 1.37 bits per heavy atom. The Labute approximate surface area is 116 Å². The van der Waals surface area contributed by atoms with Crippen molar-refractivity contribution in [3.05, 3.63) is 17.3 Å². The highest BCUT2D eigenvalue weighted by atomic mass is 32.1. The number of fused-ring (bicyclic) bond motifs is 1. The van der Waals surface area contributed by atoms with Crippen molar-refractivity contribution in [2.24, 2.45) is 0 Å². The number of hydrogen-bond donors (Lipinski definition) is 2. The number of amides is 1. The Morgan fingerprint density at radius 3 is 2.95 bits per heavy atom. The minimum Gasteiger partial charge on any atom is -0.360 e. The largest absolute Gasteiger partial charge is 0.360 e. The molecule has 2 N–H and O–H groups in total. The molecule has 0 aliphatic heterocycles. The lowest BCUT2D eigenvalue weighted by molar-refractivity contribution is -0.119. The highest BCUT2D eigenvalue weighted by Gasteiger charge is 2.08. The van der Waals surface area contributed by atoms with Crippen LogP contribution in [0.4, 0.5) is 5.82 Å². The Morgan fingerprint density at radius 2 is 2.21 bits per heavy atom. The van der Waals surface area contributed by atoms with Gasteiger partial charge in [-0.3, -0.25) is 4.79 Å². The van der Waals surface area contributed by atoms with Crippen molar-refractivity contribution in [1.29, 1.82) is 0 Å². The van der Waals surface area contributed by atoms with Crippen LogP contribution in [0.15, 0.2) is 12.4 Å². The Hall–Kier alpha value is -1.69. The van der Waals surface area contributed by atoms with Crippen LogP contribution >= 0.6 is 11.3 Å². The van der Waals surface area contributed by atoms with Crippen molar-refractivity contribution in [2.45, 2.75) is 26.7 Å². The van der Waals surface area contributed by atoms with E-state index >= 15 is 0 Å². The topological polar surface area (TPSA) is 66.9 Å². The molecule has 0 unspecified atom stereocenters. The second-order valence-corrected chi connectivity index (χ2v) is 5.33. The molecule has 1 amide bonds. The number of carbonyl (C=O) groups excluding carboxylic acids is 1. The van der Waals surface area contributed by atoms with Gasteiger partial charge < -0.3 is 10.6 Å². The molecule has 0 saturated heterocycles. The predicted molar refractivity (Wildman–Crippen MR) is 78.6 cm³/mol. The number of thiophene rings is 1. The molecule has 2 heterocycles. The SMILES string of the molecule is CCCNC(=O)CNc1ncnc2sc(CC)cc12. The van der Waals surface area contributed by atoms with Crippen molar-refractivity contribution in [3.63, 3.8) is 0 Å². The van der Waals surface area contributed by atoms with Crippen LogP contribution in [0.25, 0.3) is 10.2 Å². The summed E-state index contributed by atoms with van der Waals surface area (Å²) >= 11 is 1.67. The van der Waals surface area contributed by atoms with E-state index < -0.39 is 0 Å². The van der Waals surface area contributed by atoms with Gasteiger partial charge in [-0.05, 0) is 18.9 Å². The van der Waals surface area contributed by atoms with Crippen LogP contribution in [0.2, 0.25) is 0 Å². The summed E-state index contributed by atoms with van der Waals surface area (Å²) in [7, 11) is 0. The van der Waals surface area contributed by atoms with E-state index in [9.17, 15) is 4.79 Å². The van der Waals surface area contributed by atoms with Crippen LogP contribution < -0.4 is 10.6 Å². The molecule has 0 saturated carbocycles. The molecule has 0 bridgehead atoms. The number of anilines is 1. The third-order valence-electron chi connectivity index (χ3n) is 2.72. The molecule has 0 spiro atoms. The van der Waals surface area contributed by atoms with Gasteiger partial charge in [0.05, 0.1) is 11.9 Å². The average Bonchev–Trinajstić information content (AvgIpc) is 2.86. The number of nitrogens with zero attached hydrogens (tertiary/aromatic N) is 2. The van der Waals surface area contributed by atoms with Crippen molar-refractivity contribution < 1.29 is 4.79 Å². The van der Waals surface area contributed by atoms with E-state index in [-0.39, 0.29) is 12.5 Å². The minimum atomic E-state index is -0.0143. The lowest BCUT2D eigenvalue weighted by Gasteiger charge is -2.06. The molecule has 0 fully saturated rings. The smallest absolute Gasteiger partial charge is 0.239 e. The molecule has 0 radical (unpaired) electrons. The van der Waals surface area contributed by atoms with E-state index in [2.05, 4.69) is 33.6 Å². The first kappa shape index (κ1) is 13.7. The Balaban J connectivity index is 2.07. The predicted octanol–water partition coefficient (Wildman–Crippen LogP) is 2.19. The Bertz CT molecular complexity index is 567. The molecule has 6 heteroatoms. The molecule has 2 aromatic rings. The van der Waals surface area contributed by atoms with Gasteiger partial charge in [0, 0.05) is 11.4 Å². The van der Waals surface area contributed by atoms with Crippen molar-refractivity contribution in [1.82, 2.24) is 15.3 Å². The molecular weight excluding hydrogens is 260 g/mol. The summed E-state index contributed by atoms with van der Waals surface area (Å²) in [6.07, 6.45) is 3.45. The zero-order valence-electron chi connectivity index (χ0n) is 11.2. The summed E-state index contributed by atoms with van der Waals surface area (Å²) in [6, 6.07) is 2.09. The molecule has 2 aromatic heterocycles. The first-order valence-corrected chi connectivity index (χ1v) is 7.30. The van der Waals surface area contributed by atoms with Gasteiger partial charge in [-0.25, -0.2) is 9.97 Å². The van der Waals surface area contributed by atoms with Crippen LogP contribution in [0.1, 0.15) is 25.1 Å². The highest BCUT2D eigenvalue weighted by Crippen LogP contribution is 2.28. The fraction of sp³-hybridized carbons (Fsp3) is 0.462. The molecule has 0 aliphatic carbocycles. The highest BCUT2D eigenvalue weighted by molar-refractivity contribution is 7.18. The molecular formula is C13H18N4OS. The number of aromatic nitrogens is 2. The maximum absolute atomic E-state index is 11.6. The van der Waals surface area contributed by atoms with Crippen LogP contribution in [-0.4, -0.2) is 29.0 Å². The van der Waals surface area contributed by atoms with Gasteiger partial charge in [-0.2, -0.15) is 0 Å². The summed E-state index contributed by atoms with van der Waals surface area (Å²) in [5.74, 6) is 0.715. The van der Waals surface area contributed by atoms with Crippen molar-refractivity contribution >= 4 is 33.3 Å². The zero-order valence-corrected chi connectivity index (χ0v) is 12.0. The monoisotopic (exact) mass is 278 g/mol. The molecule has 5 nitrogen and oxygen atoms in total. The maximum Gasteiger partial charge on any atom is 0.239 e. The van der Waals surface area contributed by atoms with E-state index in [4.69, 9.17) is 0 Å². The van der Waals surface area contributed by atoms with Crippen LogP contribution in [0.5, 0.6) is 0 Å². The van der Waals surface area contributed by atoms with Gasteiger partial charge in [-0.15, -0.1) is 11.3 Å². The summed E-state index contributed by atoms with van der Waals surface area (Å²) in [5, 5.41) is 6.90. The van der Waals surface area contributed by atoms with Gasteiger partial charge >= 0.3 is 0 Å². The summed E-state index contributed by atoms with van der Waals surface area (Å²) in [5.41, 5.74) is 0. The van der Waals surface area contributed by atoms with Crippen LogP contribution in [0, 0.1) is 0 Å². The number of hydrogen-bond acceptors (Lipinski definition) is 5. The van der Waals surface area contributed by atoms with Gasteiger partial charge in [0.25, 0.3) is 0 Å². The fourth-order valence-corrected chi connectivity index (χ4v) is 2.65. The van der Waals surface area contributed by atoms with Gasteiger partial charge in [0.15, 0.2) is 0 Å². The van der Waals surface area contributed by atoms with Crippen molar-refractivity contribution in [2.75, 3.05) is 18.4 Å². The van der Waals surface area contributed by atoms with Crippen molar-refractivity contribution in [3.8, 4) is 0 Å². The normalized spacial score (nSPS) is 10.6. The van der Waals surface area contributed by atoms with E-state index in [1.54, 1.807) is 11.3 Å². The maximum atomic E-state index is 11.6. The molecule has 0 atom stereocenters. The third kappa shape index (κ3) is 3.41. The van der Waals surface area contributed by atoms with Crippen LogP contribution in [0.3, 0.4) is 0 Å². The van der Waals surface area contributed by atoms with E-state index in [0.717, 1.165) is 28.9 Å². The number of aryl methyl sites for hydroxylation is 1. The molecule has 0 aromatic carbocycles. The summed E-state index contributed by atoms with van der Waals surface area (Å²) in [4.78, 5) is 22.3. The molecule has 19 heavy (non-hydrogen) atoms. The summed E-state index contributed by atoms with van der Waals surface area (Å²) in [6.45, 7) is 5.09. The number of rotatable bonds is 6. The fourth-order valence-electron chi connectivity index (χ4n) is 1.71. The lowest BCUT2D eigenvalue weighted by Crippen LogP contribution is -2.30. The zero-order chi connectivity index (χ0) is 13.7. The van der Waals surface area contributed by atoms with E-state index in [0.29, 0.717) is 6.54 Å². The van der Waals surface area contributed by atoms with Gasteiger partial charge in [-0.1, -0.05) is 13.8 Å².